The molecule has 4 aliphatic rings. The van der Waals surface area contributed by atoms with Gasteiger partial charge in [-0.1, -0.05) is 72.0 Å². The van der Waals surface area contributed by atoms with Gasteiger partial charge in [0.2, 0.25) is 0 Å². The van der Waals surface area contributed by atoms with Crippen LogP contribution in [-0.2, 0) is 0 Å². The highest BCUT2D eigenvalue weighted by atomic mass is 16.3. The third kappa shape index (κ3) is 3.54. The summed E-state index contributed by atoms with van der Waals surface area (Å²) in [4.78, 5) is 0. The Bertz CT molecular complexity index is 686. The van der Waals surface area contributed by atoms with Crippen LogP contribution in [-0.4, -0.2) is 10.7 Å². The summed E-state index contributed by atoms with van der Waals surface area (Å²) in [5.74, 6) is 3.51. The second-order valence-electron chi connectivity index (χ2n) is 13.6. The lowest BCUT2D eigenvalue weighted by atomic mass is 9.44. The van der Waals surface area contributed by atoms with Crippen LogP contribution in [0.25, 0.3) is 0 Å². The van der Waals surface area contributed by atoms with E-state index in [0.717, 1.165) is 36.5 Å². The van der Waals surface area contributed by atoms with Crippen molar-refractivity contribution in [1.82, 2.24) is 0 Å². The van der Waals surface area contributed by atoms with Crippen molar-refractivity contribution in [2.45, 2.75) is 131 Å². The average molecular weight is 415 g/mol. The first-order chi connectivity index (χ1) is 13.9. The SMILES string of the molecule is CC(C)CCC[C@@H](C)[C@H]1CCC2C3=C(CC[C@@]21C)[C@@]1(C)CC[C@@](C)(O)C[C@@]1(C)CC3. The van der Waals surface area contributed by atoms with Crippen LogP contribution in [0.3, 0.4) is 0 Å². The summed E-state index contributed by atoms with van der Waals surface area (Å²) in [7, 11) is 0. The van der Waals surface area contributed by atoms with Crippen molar-refractivity contribution in [3.8, 4) is 0 Å². The van der Waals surface area contributed by atoms with Crippen molar-refractivity contribution in [2.24, 2.45) is 39.9 Å². The van der Waals surface area contributed by atoms with Crippen LogP contribution in [0.15, 0.2) is 11.1 Å². The predicted molar refractivity (Wildman–Crippen MR) is 128 cm³/mol. The van der Waals surface area contributed by atoms with Crippen molar-refractivity contribution in [2.75, 3.05) is 0 Å². The van der Waals surface area contributed by atoms with E-state index in [-0.39, 0.29) is 5.41 Å². The van der Waals surface area contributed by atoms with Gasteiger partial charge in [-0.25, -0.2) is 0 Å². The topological polar surface area (TPSA) is 20.2 Å². The summed E-state index contributed by atoms with van der Waals surface area (Å²) in [5, 5.41) is 10.9. The number of aliphatic hydroxyl groups is 1. The van der Waals surface area contributed by atoms with Crippen molar-refractivity contribution >= 4 is 0 Å². The molecule has 1 unspecified atom stereocenters. The number of hydrogen-bond acceptors (Lipinski definition) is 1. The molecule has 0 aliphatic heterocycles. The van der Waals surface area contributed by atoms with E-state index in [2.05, 4.69) is 48.5 Å². The Hall–Kier alpha value is -0.300. The molecule has 0 heterocycles. The van der Waals surface area contributed by atoms with Crippen LogP contribution in [0.5, 0.6) is 0 Å². The van der Waals surface area contributed by atoms with Gasteiger partial charge in [-0.3, -0.25) is 0 Å². The zero-order chi connectivity index (χ0) is 21.9. The van der Waals surface area contributed by atoms with Crippen molar-refractivity contribution in [3.63, 3.8) is 0 Å². The minimum absolute atomic E-state index is 0.281. The van der Waals surface area contributed by atoms with E-state index in [1.807, 2.05) is 11.1 Å². The standard InChI is InChI=1S/C29H50O/c1-20(2)9-8-10-21(3)23-11-12-24-22-13-15-26(4)19-27(5,30)17-18-29(26,7)25(22)14-16-28(23,24)6/h20-21,23-24,30H,8-19H2,1-7H3/t21-,23-,24?,26-,27-,28-,29-/m1/s1. The van der Waals surface area contributed by atoms with Gasteiger partial charge in [0.05, 0.1) is 5.60 Å². The fourth-order valence-electron chi connectivity index (χ4n) is 9.14. The number of fused-ring (bicyclic) bond motifs is 4. The van der Waals surface area contributed by atoms with Gasteiger partial charge < -0.3 is 5.11 Å². The average Bonchev–Trinajstić information content (AvgIpc) is 2.99. The Labute approximate surface area is 187 Å². The third-order valence-corrected chi connectivity index (χ3v) is 11.1. The van der Waals surface area contributed by atoms with E-state index in [4.69, 9.17) is 0 Å². The monoisotopic (exact) mass is 414 g/mol. The molecule has 0 aromatic heterocycles. The Morgan fingerprint density at radius 3 is 2.33 bits per heavy atom. The molecule has 0 aromatic carbocycles. The predicted octanol–water partition coefficient (Wildman–Crippen LogP) is 8.31. The quantitative estimate of drug-likeness (QED) is 0.448. The fraction of sp³-hybridized carbons (Fsp3) is 0.931. The van der Waals surface area contributed by atoms with Crippen LogP contribution in [0.1, 0.15) is 126 Å². The van der Waals surface area contributed by atoms with Gasteiger partial charge in [0.15, 0.2) is 0 Å². The van der Waals surface area contributed by atoms with E-state index in [9.17, 15) is 5.11 Å². The van der Waals surface area contributed by atoms with Crippen LogP contribution in [0.4, 0.5) is 0 Å². The molecule has 1 N–H and O–H groups in total. The fourth-order valence-corrected chi connectivity index (χ4v) is 9.14. The lowest BCUT2D eigenvalue weighted by Crippen LogP contribution is -2.53. The molecule has 0 radical (unpaired) electrons. The molecule has 30 heavy (non-hydrogen) atoms. The van der Waals surface area contributed by atoms with Gasteiger partial charge in [-0.15, -0.1) is 0 Å². The molecule has 0 spiro atoms. The Morgan fingerprint density at radius 1 is 0.900 bits per heavy atom. The van der Waals surface area contributed by atoms with Gasteiger partial charge in [0, 0.05) is 0 Å². The minimum Gasteiger partial charge on any atom is -0.390 e. The van der Waals surface area contributed by atoms with Gasteiger partial charge in [0.1, 0.15) is 0 Å². The molecule has 7 atom stereocenters. The molecule has 0 amide bonds. The first kappa shape index (κ1) is 22.9. The summed E-state index contributed by atoms with van der Waals surface area (Å²) >= 11 is 0. The molecular formula is C29H50O. The van der Waals surface area contributed by atoms with E-state index in [1.54, 1.807) is 0 Å². The Morgan fingerprint density at radius 2 is 1.63 bits per heavy atom. The van der Waals surface area contributed by atoms with E-state index < -0.39 is 5.60 Å². The summed E-state index contributed by atoms with van der Waals surface area (Å²) in [6, 6.07) is 0. The number of rotatable bonds is 5. The molecule has 172 valence electrons. The molecule has 4 aliphatic carbocycles. The highest BCUT2D eigenvalue weighted by Gasteiger charge is 2.60. The van der Waals surface area contributed by atoms with Gasteiger partial charge >= 0.3 is 0 Å². The van der Waals surface area contributed by atoms with Gasteiger partial charge in [-0.05, 0) is 105 Å². The Kier molecular flexibility index (Phi) is 5.82. The Balaban J connectivity index is 1.57. The van der Waals surface area contributed by atoms with E-state index >= 15 is 0 Å². The number of allylic oxidation sites excluding steroid dienone is 2. The second kappa shape index (κ2) is 7.64. The smallest absolute Gasteiger partial charge is 0.0625 e. The molecule has 0 bridgehead atoms. The first-order valence-corrected chi connectivity index (χ1v) is 13.4. The summed E-state index contributed by atoms with van der Waals surface area (Å²) < 4.78 is 0. The summed E-state index contributed by atoms with van der Waals surface area (Å²) in [6.07, 6.45) is 15.7. The first-order valence-electron chi connectivity index (χ1n) is 13.4. The molecule has 1 nitrogen and oxygen atoms in total. The molecule has 4 rings (SSSR count). The lowest BCUT2D eigenvalue weighted by Gasteiger charge is -2.61. The second-order valence-corrected chi connectivity index (χ2v) is 13.6. The highest BCUT2D eigenvalue weighted by molar-refractivity contribution is 5.36. The zero-order valence-electron chi connectivity index (χ0n) is 21.2. The molecule has 1 heteroatoms. The van der Waals surface area contributed by atoms with E-state index in [1.165, 1.54) is 64.2 Å². The number of hydrogen-bond donors (Lipinski definition) is 1. The van der Waals surface area contributed by atoms with Crippen LogP contribution < -0.4 is 0 Å². The molecular weight excluding hydrogens is 364 g/mol. The maximum absolute atomic E-state index is 10.9. The third-order valence-electron chi connectivity index (χ3n) is 11.1. The van der Waals surface area contributed by atoms with Crippen LogP contribution in [0.2, 0.25) is 0 Å². The van der Waals surface area contributed by atoms with E-state index in [0.29, 0.717) is 10.8 Å². The highest BCUT2D eigenvalue weighted by Crippen LogP contribution is 2.69. The lowest BCUT2D eigenvalue weighted by molar-refractivity contribution is -0.0982. The maximum Gasteiger partial charge on any atom is 0.0625 e. The summed E-state index contributed by atoms with van der Waals surface area (Å²) in [6.45, 7) is 17.2. The van der Waals surface area contributed by atoms with Crippen LogP contribution >= 0.6 is 0 Å². The van der Waals surface area contributed by atoms with Crippen LogP contribution in [0, 0.1) is 39.9 Å². The molecule has 2 saturated carbocycles. The molecule has 0 saturated heterocycles. The molecule has 2 fully saturated rings. The van der Waals surface area contributed by atoms with Gasteiger partial charge in [-0.2, -0.15) is 0 Å². The zero-order valence-corrected chi connectivity index (χ0v) is 21.2. The van der Waals surface area contributed by atoms with Crippen molar-refractivity contribution in [1.29, 1.82) is 0 Å². The largest absolute Gasteiger partial charge is 0.390 e. The van der Waals surface area contributed by atoms with Gasteiger partial charge in [0.25, 0.3) is 0 Å². The van der Waals surface area contributed by atoms with Crippen molar-refractivity contribution < 1.29 is 5.11 Å². The minimum atomic E-state index is -0.459. The maximum atomic E-state index is 10.9. The van der Waals surface area contributed by atoms with Crippen molar-refractivity contribution in [3.05, 3.63) is 11.1 Å². The normalized spacial score (nSPS) is 47.1. The molecule has 0 aromatic rings. The summed E-state index contributed by atoms with van der Waals surface area (Å²) in [5.41, 5.74) is 4.46.